The minimum Gasteiger partial charge on any atom is -0.495 e. The van der Waals surface area contributed by atoms with Crippen LogP contribution in [0.15, 0.2) is 42.9 Å². The molecule has 2 heterocycles. The number of halogens is 2. The summed E-state index contributed by atoms with van der Waals surface area (Å²) in [7, 11) is 1.34. The topological polar surface area (TPSA) is 101 Å². The summed E-state index contributed by atoms with van der Waals surface area (Å²) in [6.45, 7) is 5.27. The van der Waals surface area contributed by atoms with E-state index in [-0.39, 0.29) is 40.6 Å². The summed E-state index contributed by atoms with van der Waals surface area (Å²) in [5, 5.41) is 9.36. The Bertz CT molecular complexity index is 1350. The number of nitriles is 1. The number of carbonyl (C=O) groups excluding carboxylic acids is 1. The molecule has 0 N–H and O–H groups in total. The van der Waals surface area contributed by atoms with Gasteiger partial charge < -0.3 is 9.47 Å². The van der Waals surface area contributed by atoms with Gasteiger partial charge in [-0.2, -0.15) is 5.26 Å². The maximum absolute atomic E-state index is 14.7. The second-order valence-electron chi connectivity index (χ2n) is 9.92. The molecule has 4 rings (SSSR count). The maximum Gasteiger partial charge on any atom is 0.417 e. The Morgan fingerprint density at radius 2 is 1.84 bits per heavy atom. The molecule has 0 radical (unpaired) electrons. The molecular weight excluding hydrogens is 480 g/mol. The minimum absolute atomic E-state index is 0.0106. The fraction of sp³-hybridized carbons (Fsp3) is 0.370. The first-order valence-electron chi connectivity index (χ1n) is 11.8. The van der Waals surface area contributed by atoms with Gasteiger partial charge in [0.05, 0.1) is 23.9 Å². The number of carbonyl (C=O) groups is 1. The van der Waals surface area contributed by atoms with Gasteiger partial charge in [0.25, 0.3) is 0 Å². The average Bonchev–Trinajstić information content (AvgIpc) is 2.83. The Labute approximate surface area is 213 Å². The number of anilines is 1. The maximum atomic E-state index is 14.7. The molecule has 8 nitrogen and oxygen atoms in total. The Balaban J connectivity index is 1.74. The van der Waals surface area contributed by atoms with E-state index in [0.29, 0.717) is 12.8 Å². The molecule has 1 aliphatic rings. The van der Waals surface area contributed by atoms with Crippen molar-refractivity contribution in [3.05, 3.63) is 65.7 Å². The Hall–Kier alpha value is -4.13. The second-order valence-corrected chi connectivity index (χ2v) is 9.92. The number of rotatable bonds is 6. The number of ether oxygens (including phenoxy) is 2. The van der Waals surface area contributed by atoms with Gasteiger partial charge in [0.2, 0.25) is 5.95 Å². The molecule has 0 atom stereocenters. The standard InChI is InChI=1S/C27H27F2N5O3/c1-26(2,3)37-25(35)34(16-27(10-6-11-27)23-20(29)7-5-12-31-23)24-32-14-18(15-33-24)21-19(28)9-8-17(13-30)22(21)36-4/h5,7-9,12,14-15H,6,10-11,16H2,1-4H3. The second kappa shape index (κ2) is 10.1. The first kappa shape index (κ1) is 25.9. The predicted molar refractivity (Wildman–Crippen MR) is 132 cm³/mol. The highest BCUT2D eigenvalue weighted by Gasteiger charge is 2.45. The van der Waals surface area contributed by atoms with Crippen LogP contribution in [0.3, 0.4) is 0 Å². The monoisotopic (exact) mass is 507 g/mol. The molecule has 10 heteroatoms. The van der Waals surface area contributed by atoms with E-state index in [1.54, 1.807) is 20.8 Å². The van der Waals surface area contributed by atoms with Crippen molar-refractivity contribution in [3.8, 4) is 22.9 Å². The van der Waals surface area contributed by atoms with Crippen LogP contribution in [0, 0.1) is 23.0 Å². The number of methoxy groups -OCH3 is 1. The van der Waals surface area contributed by atoms with Gasteiger partial charge in [-0.3, -0.25) is 4.98 Å². The summed E-state index contributed by atoms with van der Waals surface area (Å²) in [5.74, 6) is -0.990. The van der Waals surface area contributed by atoms with E-state index >= 15 is 0 Å². The third-order valence-electron chi connectivity index (χ3n) is 6.25. The smallest absolute Gasteiger partial charge is 0.417 e. The van der Waals surface area contributed by atoms with Crippen molar-refractivity contribution in [1.29, 1.82) is 5.26 Å². The highest BCUT2D eigenvalue weighted by molar-refractivity contribution is 5.86. The summed E-state index contributed by atoms with van der Waals surface area (Å²) in [5.41, 5.74) is -0.793. The number of nitrogens with zero attached hydrogens (tertiary/aromatic N) is 5. The molecule has 0 saturated heterocycles. The lowest BCUT2D eigenvalue weighted by molar-refractivity contribution is 0.0556. The third-order valence-corrected chi connectivity index (χ3v) is 6.25. The molecule has 0 aliphatic heterocycles. The van der Waals surface area contributed by atoms with Crippen LogP contribution in [0.5, 0.6) is 5.75 Å². The van der Waals surface area contributed by atoms with Gasteiger partial charge in [0.1, 0.15) is 29.1 Å². The molecule has 1 fully saturated rings. The molecule has 192 valence electrons. The minimum atomic E-state index is -0.799. The summed E-state index contributed by atoms with van der Waals surface area (Å²) in [6.07, 6.45) is 5.62. The highest BCUT2D eigenvalue weighted by atomic mass is 19.1. The molecule has 1 aliphatic carbocycles. The van der Waals surface area contributed by atoms with Crippen LogP contribution < -0.4 is 9.64 Å². The molecule has 1 amide bonds. The van der Waals surface area contributed by atoms with Crippen molar-refractivity contribution in [1.82, 2.24) is 15.0 Å². The summed E-state index contributed by atoms with van der Waals surface area (Å²) >= 11 is 0. The van der Waals surface area contributed by atoms with Gasteiger partial charge in [-0.25, -0.2) is 28.4 Å². The quantitative estimate of drug-likeness (QED) is 0.430. The van der Waals surface area contributed by atoms with Crippen LogP contribution in [-0.2, 0) is 10.2 Å². The molecule has 1 aromatic carbocycles. The predicted octanol–water partition coefficient (Wildman–Crippen LogP) is 5.56. The van der Waals surface area contributed by atoms with Gasteiger partial charge in [0.15, 0.2) is 0 Å². The van der Waals surface area contributed by atoms with Crippen molar-refractivity contribution in [2.75, 3.05) is 18.6 Å². The number of hydrogen-bond acceptors (Lipinski definition) is 7. The average molecular weight is 508 g/mol. The largest absolute Gasteiger partial charge is 0.495 e. The summed E-state index contributed by atoms with van der Waals surface area (Å²) in [6, 6.07) is 7.33. The lowest BCUT2D eigenvalue weighted by Crippen LogP contribution is -2.50. The van der Waals surface area contributed by atoms with Crippen LogP contribution in [0.2, 0.25) is 0 Å². The van der Waals surface area contributed by atoms with Gasteiger partial charge in [-0.15, -0.1) is 0 Å². The van der Waals surface area contributed by atoms with Gasteiger partial charge in [-0.1, -0.05) is 6.42 Å². The van der Waals surface area contributed by atoms with Crippen LogP contribution in [0.25, 0.3) is 11.1 Å². The van der Waals surface area contributed by atoms with Crippen molar-refractivity contribution in [2.24, 2.45) is 0 Å². The summed E-state index contributed by atoms with van der Waals surface area (Å²) < 4.78 is 40.4. The third kappa shape index (κ3) is 5.21. The Kier molecular flexibility index (Phi) is 7.07. The van der Waals surface area contributed by atoms with Gasteiger partial charge in [0, 0.05) is 36.1 Å². The number of aromatic nitrogens is 3. The molecule has 0 bridgehead atoms. The van der Waals surface area contributed by atoms with E-state index in [4.69, 9.17) is 9.47 Å². The van der Waals surface area contributed by atoms with E-state index in [1.165, 1.54) is 54.9 Å². The highest BCUT2D eigenvalue weighted by Crippen LogP contribution is 2.45. The molecule has 0 unspecified atom stereocenters. The van der Waals surface area contributed by atoms with Crippen LogP contribution in [-0.4, -0.2) is 40.3 Å². The van der Waals surface area contributed by atoms with Crippen LogP contribution in [0.4, 0.5) is 19.5 Å². The first-order valence-corrected chi connectivity index (χ1v) is 11.8. The zero-order valence-corrected chi connectivity index (χ0v) is 21.1. The molecule has 0 spiro atoms. The van der Waals surface area contributed by atoms with E-state index in [0.717, 1.165) is 6.42 Å². The van der Waals surface area contributed by atoms with Crippen LogP contribution >= 0.6 is 0 Å². The lowest BCUT2D eigenvalue weighted by atomic mass is 9.66. The lowest BCUT2D eigenvalue weighted by Gasteiger charge is -2.44. The van der Waals surface area contributed by atoms with Crippen molar-refractivity contribution in [3.63, 3.8) is 0 Å². The molecule has 3 aromatic rings. The zero-order valence-electron chi connectivity index (χ0n) is 21.1. The van der Waals surface area contributed by atoms with Crippen molar-refractivity contribution in [2.45, 2.75) is 51.0 Å². The van der Waals surface area contributed by atoms with Crippen molar-refractivity contribution >= 4 is 12.0 Å². The fourth-order valence-corrected chi connectivity index (χ4v) is 4.40. The molecular formula is C27H27F2N5O3. The SMILES string of the molecule is COc1c(C#N)ccc(F)c1-c1cnc(N(CC2(c3ncccc3F)CCC2)C(=O)OC(C)(C)C)nc1. The summed E-state index contributed by atoms with van der Waals surface area (Å²) in [4.78, 5) is 27.5. The number of hydrogen-bond donors (Lipinski definition) is 0. The Morgan fingerprint density at radius 1 is 1.14 bits per heavy atom. The van der Waals surface area contributed by atoms with Gasteiger partial charge >= 0.3 is 6.09 Å². The van der Waals surface area contributed by atoms with E-state index < -0.39 is 28.7 Å². The van der Waals surface area contributed by atoms with Crippen molar-refractivity contribution < 1.29 is 23.0 Å². The molecule has 1 saturated carbocycles. The van der Waals surface area contributed by atoms with E-state index in [1.807, 2.05) is 6.07 Å². The fourth-order valence-electron chi connectivity index (χ4n) is 4.40. The number of amides is 1. The van der Waals surface area contributed by atoms with E-state index in [9.17, 15) is 18.8 Å². The molecule has 2 aromatic heterocycles. The Morgan fingerprint density at radius 3 is 2.38 bits per heavy atom. The zero-order chi connectivity index (χ0) is 26.8. The van der Waals surface area contributed by atoms with E-state index in [2.05, 4.69) is 15.0 Å². The number of benzene rings is 1. The van der Waals surface area contributed by atoms with Gasteiger partial charge in [-0.05, 0) is 57.9 Å². The first-order chi connectivity index (χ1) is 17.6. The molecule has 37 heavy (non-hydrogen) atoms. The number of pyridine rings is 1. The van der Waals surface area contributed by atoms with Crippen LogP contribution in [0.1, 0.15) is 51.3 Å². The normalized spacial score (nSPS) is 14.3.